The molecule has 2 aromatic rings. The van der Waals surface area contributed by atoms with E-state index in [1.807, 2.05) is 36.6 Å². The summed E-state index contributed by atoms with van der Waals surface area (Å²) >= 11 is 8.78. The smallest absolute Gasteiger partial charge is 0.226 e. The highest BCUT2D eigenvalue weighted by Crippen LogP contribution is 2.20. The number of aliphatic hydroxyl groups excluding tert-OH is 1. The Hall–Kier alpha value is -1.47. The average molecular weight is 452 g/mol. The van der Waals surface area contributed by atoms with Gasteiger partial charge in [0.2, 0.25) is 11.0 Å². The third-order valence-corrected chi connectivity index (χ3v) is 6.34. The van der Waals surface area contributed by atoms with Gasteiger partial charge < -0.3 is 10.4 Å². The van der Waals surface area contributed by atoms with E-state index in [1.54, 1.807) is 36.0 Å². The molecule has 0 spiro atoms. The minimum absolute atomic E-state index is 0.0694. The first kappa shape index (κ1) is 23.8. The van der Waals surface area contributed by atoms with Gasteiger partial charge in [0.25, 0.3) is 0 Å². The van der Waals surface area contributed by atoms with E-state index in [-0.39, 0.29) is 11.0 Å². The Morgan fingerprint density at radius 1 is 1.10 bits per heavy atom. The summed E-state index contributed by atoms with van der Waals surface area (Å²) in [7, 11) is 0. The van der Waals surface area contributed by atoms with Gasteiger partial charge in [0.15, 0.2) is 0 Å². The van der Waals surface area contributed by atoms with Gasteiger partial charge in [-0.3, -0.25) is 9.59 Å². The Balaban J connectivity index is 2.00. The molecule has 29 heavy (non-hydrogen) atoms. The van der Waals surface area contributed by atoms with Crippen molar-refractivity contribution in [1.29, 1.82) is 0 Å². The first-order valence-electron chi connectivity index (χ1n) is 9.43. The number of hydrogen-bond donors (Lipinski definition) is 2. The van der Waals surface area contributed by atoms with Crippen molar-refractivity contribution in [2.24, 2.45) is 5.92 Å². The maximum atomic E-state index is 12.8. The second-order valence-electron chi connectivity index (χ2n) is 6.65. The second-order valence-corrected chi connectivity index (χ2v) is 9.07. The van der Waals surface area contributed by atoms with Crippen molar-refractivity contribution in [3.8, 4) is 0 Å². The zero-order valence-electron chi connectivity index (χ0n) is 16.3. The maximum Gasteiger partial charge on any atom is 0.226 e. The lowest BCUT2D eigenvalue weighted by atomic mass is 10.00. The molecule has 0 saturated heterocycles. The monoisotopic (exact) mass is 451 g/mol. The van der Waals surface area contributed by atoms with Gasteiger partial charge in [0.05, 0.1) is 5.92 Å². The van der Waals surface area contributed by atoms with Crippen LogP contribution >= 0.6 is 35.1 Å². The molecule has 0 aliphatic carbocycles. The predicted molar refractivity (Wildman–Crippen MR) is 124 cm³/mol. The number of hydrogen-bond acceptors (Lipinski definition) is 5. The number of aliphatic hydroxyl groups is 1. The summed E-state index contributed by atoms with van der Waals surface area (Å²) in [4.78, 5) is 25.2. The van der Waals surface area contributed by atoms with Crippen LogP contribution in [0.4, 0.5) is 0 Å². The molecule has 0 aliphatic rings. The number of rotatable bonds is 11. The Kier molecular flexibility index (Phi) is 10.6. The molecule has 0 fully saturated rings. The molecule has 2 unspecified atom stereocenters. The van der Waals surface area contributed by atoms with Crippen LogP contribution in [0.15, 0.2) is 54.6 Å². The minimum Gasteiger partial charge on any atom is -0.374 e. The number of benzene rings is 2. The Morgan fingerprint density at radius 2 is 1.79 bits per heavy atom. The SMILES string of the molecule is CSCCCC(O)NC(=O)C(CSC(=O)c1ccccc1)Cc1ccc(Cl)cc1. The summed E-state index contributed by atoms with van der Waals surface area (Å²) in [6.45, 7) is 0. The van der Waals surface area contributed by atoms with Crippen molar-refractivity contribution < 1.29 is 14.7 Å². The molecule has 0 saturated carbocycles. The Bertz CT molecular complexity index is 771. The van der Waals surface area contributed by atoms with Gasteiger partial charge >= 0.3 is 0 Å². The lowest BCUT2D eigenvalue weighted by Gasteiger charge is -2.19. The van der Waals surface area contributed by atoms with Gasteiger partial charge in [0, 0.05) is 16.3 Å². The van der Waals surface area contributed by atoms with E-state index in [0.29, 0.717) is 29.2 Å². The highest BCUT2D eigenvalue weighted by atomic mass is 35.5. The number of nitrogens with one attached hydrogen (secondary N) is 1. The molecule has 2 rings (SSSR count). The molecule has 0 aliphatic heterocycles. The number of amides is 1. The van der Waals surface area contributed by atoms with Crippen LogP contribution in [0.25, 0.3) is 0 Å². The largest absolute Gasteiger partial charge is 0.374 e. The Labute approximate surface area is 185 Å². The van der Waals surface area contributed by atoms with Crippen molar-refractivity contribution in [1.82, 2.24) is 5.32 Å². The standard InChI is InChI=1S/C22H26ClNO3S2/c1-28-13-5-8-20(25)24-21(26)18(14-16-9-11-19(23)12-10-16)15-29-22(27)17-6-3-2-4-7-17/h2-4,6-7,9-12,18,20,25H,5,8,13-15H2,1H3,(H,24,26). The fraction of sp³-hybridized carbons (Fsp3) is 0.364. The van der Waals surface area contributed by atoms with E-state index in [9.17, 15) is 14.7 Å². The molecule has 0 aromatic heterocycles. The summed E-state index contributed by atoms with van der Waals surface area (Å²) in [6.07, 6.45) is 2.93. The molecular weight excluding hydrogens is 426 g/mol. The molecule has 156 valence electrons. The van der Waals surface area contributed by atoms with E-state index in [1.165, 1.54) is 0 Å². The van der Waals surface area contributed by atoms with Crippen molar-refractivity contribution in [2.75, 3.05) is 17.8 Å². The number of halogens is 1. The van der Waals surface area contributed by atoms with Gasteiger partial charge in [-0.15, -0.1) is 0 Å². The highest BCUT2D eigenvalue weighted by molar-refractivity contribution is 8.14. The van der Waals surface area contributed by atoms with Crippen LogP contribution in [-0.2, 0) is 11.2 Å². The number of carbonyl (C=O) groups is 2. The van der Waals surface area contributed by atoms with Gasteiger partial charge in [-0.2, -0.15) is 11.8 Å². The molecule has 2 aromatic carbocycles. The summed E-state index contributed by atoms with van der Waals surface area (Å²) in [6, 6.07) is 16.3. The van der Waals surface area contributed by atoms with Crippen LogP contribution in [0.5, 0.6) is 0 Å². The van der Waals surface area contributed by atoms with Crippen LogP contribution in [0.2, 0.25) is 5.02 Å². The number of thioether (sulfide) groups is 2. The lowest BCUT2D eigenvalue weighted by molar-refractivity contribution is -0.127. The molecular formula is C22H26ClNO3S2. The van der Waals surface area contributed by atoms with Crippen LogP contribution in [0, 0.1) is 5.92 Å². The molecule has 4 nitrogen and oxygen atoms in total. The molecule has 2 atom stereocenters. The highest BCUT2D eigenvalue weighted by Gasteiger charge is 2.23. The molecule has 7 heteroatoms. The minimum atomic E-state index is -0.878. The normalized spacial score (nSPS) is 12.9. The summed E-state index contributed by atoms with van der Waals surface area (Å²) in [5, 5.41) is 13.4. The average Bonchev–Trinajstić information content (AvgIpc) is 2.73. The van der Waals surface area contributed by atoms with Crippen molar-refractivity contribution in [3.05, 3.63) is 70.7 Å². The van der Waals surface area contributed by atoms with Crippen molar-refractivity contribution >= 4 is 46.1 Å². The van der Waals surface area contributed by atoms with Gasteiger partial charge in [-0.05, 0) is 49.0 Å². The molecule has 2 N–H and O–H groups in total. The van der Waals surface area contributed by atoms with E-state index >= 15 is 0 Å². The second kappa shape index (κ2) is 13.0. The topological polar surface area (TPSA) is 66.4 Å². The van der Waals surface area contributed by atoms with Crippen LogP contribution in [0.3, 0.4) is 0 Å². The van der Waals surface area contributed by atoms with E-state index in [0.717, 1.165) is 29.5 Å². The fourth-order valence-electron chi connectivity index (χ4n) is 2.74. The zero-order valence-corrected chi connectivity index (χ0v) is 18.7. The zero-order chi connectivity index (χ0) is 21.1. The van der Waals surface area contributed by atoms with Crippen LogP contribution in [0.1, 0.15) is 28.8 Å². The summed E-state index contributed by atoms with van der Waals surface area (Å²) < 4.78 is 0. The molecule has 0 radical (unpaired) electrons. The lowest BCUT2D eigenvalue weighted by Crippen LogP contribution is -2.40. The quantitative estimate of drug-likeness (QED) is 0.384. The van der Waals surface area contributed by atoms with Crippen molar-refractivity contribution in [2.45, 2.75) is 25.5 Å². The molecule has 0 bridgehead atoms. The third kappa shape index (κ3) is 8.83. The fourth-order valence-corrected chi connectivity index (χ4v) is 4.25. The van der Waals surface area contributed by atoms with Gasteiger partial charge in [0.1, 0.15) is 6.23 Å². The predicted octanol–water partition coefficient (Wildman–Crippen LogP) is 4.65. The third-order valence-electron chi connectivity index (χ3n) is 4.33. The molecule has 1 amide bonds. The van der Waals surface area contributed by atoms with E-state index in [4.69, 9.17) is 11.6 Å². The van der Waals surface area contributed by atoms with Crippen molar-refractivity contribution in [3.63, 3.8) is 0 Å². The van der Waals surface area contributed by atoms with Crippen LogP contribution < -0.4 is 5.32 Å². The molecule has 0 heterocycles. The van der Waals surface area contributed by atoms with E-state index in [2.05, 4.69) is 5.32 Å². The maximum absolute atomic E-state index is 12.8. The van der Waals surface area contributed by atoms with E-state index < -0.39 is 12.1 Å². The summed E-state index contributed by atoms with van der Waals surface area (Å²) in [5.41, 5.74) is 1.57. The Morgan fingerprint density at radius 3 is 2.45 bits per heavy atom. The van der Waals surface area contributed by atoms with Crippen LogP contribution in [-0.4, -0.2) is 40.1 Å². The number of carbonyl (C=O) groups excluding carboxylic acids is 2. The first-order valence-corrected chi connectivity index (χ1v) is 12.2. The van der Waals surface area contributed by atoms with Gasteiger partial charge in [-0.25, -0.2) is 0 Å². The summed E-state index contributed by atoms with van der Waals surface area (Å²) in [5.74, 6) is 0.580. The first-order chi connectivity index (χ1) is 14.0. The van der Waals surface area contributed by atoms with Gasteiger partial charge in [-0.1, -0.05) is 65.8 Å².